The first-order chi connectivity index (χ1) is 8.29. The highest BCUT2D eigenvalue weighted by molar-refractivity contribution is 5.11. The predicted molar refractivity (Wildman–Crippen MR) is 61.0 cm³/mol. The number of rotatable bonds is 5. The van der Waals surface area contributed by atoms with Crippen molar-refractivity contribution in [3.63, 3.8) is 0 Å². The summed E-state index contributed by atoms with van der Waals surface area (Å²) in [4.78, 5) is 9.50. The summed E-state index contributed by atoms with van der Waals surface area (Å²) in [5.74, 6) is 0.710. The van der Waals surface area contributed by atoms with Gasteiger partial charge in [-0.25, -0.2) is 9.97 Å². The molecule has 90 valence electrons. The van der Waals surface area contributed by atoms with Crippen molar-refractivity contribution in [2.75, 3.05) is 6.54 Å². The van der Waals surface area contributed by atoms with Crippen LogP contribution < -0.4 is 5.32 Å². The Balaban J connectivity index is 2.13. The first-order valence-electron chi connectivity index (χ1n) is 5.50. The van der Waals surface area contributed by atoms with Crippen LogP contribution in [0.15, 0.2) is 18.7 Å². The van der Waals surface area contributed by atoms with E-state index in [4.69, 9.17) is 0 Å². The number of hydrogen-bond acceptors (Lipinski definition) is 6. The second-order valence-corrected chi connectivity index (χ2v) is 3.68. The standard InChI is InChI=1S/C10H15N7/c1-3-13-9(8-5-11-7-12-6-8)4-10-14-16-17(2)15-10/h5-7,9,13H,3-4H2,1-2H3. The van der Waals surface area contributed by atoms with Gasteiger partial charge in [0.2, 0.25) is 0 Å². The van der Waals surface area contributed by atoms with Crippen molar-refractivity contribution in [3.05, 3.63) is 30.1 Å². The first kappa shape index (κ1) is 11.6. The molecule has 7 nitrogen and oxygen atoms in total. The Labute approximate surface area is 99.3 Å². The molecule has 1 N–H and O–H groups in total. The molecule has 2 aromatic heterocycles. The molecule has 0 fully saturated rings. The third kappa shape index (κ3) is 3.04. The maximum atomic E-state index is 4.17. The van der Waals surface area contributed by atoms with Crippen molar-refractivity contribution in [2.24, 2.45) is 7.05 Å². The molecule has 7 heteroatoms. The maximum Gasteiger partial charge on any atom is 0.176 e. The highest BCUT2D eigenvalue weighted by Gasteiger charge is 2.14. The molecular formula is C10H15N7. The third-order valence-electron chi connectivity index (χ3n) is 2.37. The van der Waals surface area contributed by atoms with Crippen LogP contribution in [0.4, 0.5) is 0 Å². The van der Waals surface area contributed by atoms with Gasteiger partial charge in [-0.1, -0.05) is 6.92 Å². The fourth-order valence-corrected chi connectivity index (χ4v) is 1.63. The van der Waals surface area contributed by atoms with Gasteiger partial charge in [-0.05, 0) is 11.8 Å². The molecule has 0 saturated carbocycles. The molecule has 0 aromatic carbocycles. The minimum absolute atomic E-state index is 0.116. The van der Waals surface area contributed by atoms with Gasteiger partial charge in [0.25, 0.3) is 0 Å². The highest BCUT2D eigenvalue weighted by Crippen LogP contribution is 2.13. The molecule has 0 amide bonds. The molecule has 0 aliphatic carbocycles. The molecule has 17 heavy (non-hydrogen) atoms. The van der Waals surface area contributed by atoms with Crippen molar-refractivity contribution in [2.45, 2.75) is 19.4 Å². The summed E-state index contributed by atoms with van der Waals surface area (Å²) in [6.07, 6.45) is 5.80. The van der Waals surface area contributed by atoms with Crippen LogP contribution in [0.25, 0.3) is 0 Å². The van der Waals surface area contributed by atoms with Crippen LogP contribution in [0, 0.1) is 0 Å². The molecular weight excluding hydrogens is 218 g/mol. The van der Waals surface area contributed by atoms with Crippen LogP contribution in [0.5, 0.6) is 0 Å². The van der Waals surface area contributed by atoms with E-state index in [1.807, 2.05) is 0 Å². The number of likely N-dealkylation sites (N-methyl/N-ethyl adjacent to an activating group) is 1. The van der Waals surface area contributed by atoms with E-state index in [2.05, 4.69) is 37.6 Å². The van der Waals surface area contributed by atoms with Crippen LogP contribution in [-0.2, 0) is 13.5 Å². The van der Waals surface area contributed by atoms with Gasteiger partial charge >= 0.3 is 0 Å². The summed E-state index contributed by atoms with van der Waals surface area (Å²) in [5, 5.41) is 15.3. The molecule has 1 unspecified atom stereocenters. The summed E-state index contributed by atoms with van der Waals surface area (Å²) in [6.45, 7) is 2.92. The predicted octanol–water partition coefficient (Wildman–Crippen LogP) is -0.107. The Morgan fingerprint density at radius 2 is 2.12 bits per heavy atom. The van der Waals surface area contributed by atoms with Crippen molar-refractivity contribution < 1.29 is 0 Å². The maximum absolute atomic E-state index is 4.17. The average Bonchev–Trinajstić information content (AvgIpc) is 2.75. The van der Waals surface area contributed by atoms with E-state index in [1.54, 1.807) is 19.4 Å². The number of nitrogens with zero attached hydrogens (tertiary/aromatic N) is 6. The molecule has 1 atom stereocenters. The molecule has 0 saturated heterocycles. The van der Waals surface area contributed by atoms with Gasteiger partial charge < -0.3 is 5.32 Å². The fraction of sp³-hybridized carbons (Fsp3) is 0.500. The van der Waals surface area contributed by atoms with Crippen LogP contribution >= 0.6 is 0 Å². The number of aromatic nitrogens is 6. The lowest BCUT2D eigenvalue weighted by molar-refractivity contribution is 0.531. The normalized spacial score (nSPS) is 12.6. The lowest BCUT2D eigenvalue weighted by Crippen LogP contribution is -2.23. The topological polar surface area (TPSA) is 81.4 Å². The average molecular weight is 233 g/mol. The lowest BCUT2D eigenvalue weighted by Gasteiger charge is -2.15. The Kier molecular flexibility index (Phi) is 3.71. The minimum Gasteiger partial charge on any atom is -0.310 e. The second-order valence-electron chi connectivity index (χ2n) is 3.68. The van der Waals surface area contributed by atoms with Crippen molar-refractivity contribution >= 4 is 0 Å². The third-order valence-corrected chi connectivity index (χ3v) is 2.37. The quantitative estimate of drug-likeness (QED) is 0.776. The Bertz CT molecular complexity index is 453. The van der Waals surface area contributed by atoms with E-state index in [1.165, 1.54) is 11.1 Å². The zero-order valence-electron chi connectivity index (χ0n) is 9.91. The number of tetrazole rings is 1. The number of hydrogen-bond donors (Lipinski definition) is 1. The molecule has 0 radical (unpaired) electrons. The minimum atomic E-state index is 0.116. The van der Waals surface area contributed by atoms with E-state index in [9.17, 15) is 0 Å². The SMILES string of the molecule is CCNC(Cc1nnn(C)n1)c1cncnc1. The Morgan fingerprint density at radius 1 is 1.35 bits per heavy atom. The summed E-state index contributed by atoms with van der Waals surface area (Å²) in [7, 11) is 1.75. The zero-order chi connectivity index (χ0) is 12.1. The molecule has 2 heterocycles. The lowest BCUT2D eigenvalue weighted by atomic mass is 10.1. The van der Waals surface area contributed by atoms with Gasteiger partial charge in [0.15, 0.2) is 5.82 Å². The van der Waals surface area contributed by atoms with E-state index in [0.717, 1.165) is 12.1 Å². The molecule has 0 spiro atoms. The van der Waals surface area contributed by atoms with Crippen LogP contribution in [0.1, 0.15) is 24.4 Å². The van der Waals surface area contributed by atoms with Crippen molar-refractivity contribution in [1.82, 2.24) is 35.5 Å². The molecule has 2 rings (SSSR count). The molecule has 2 aromatic rings. The summed E-state index contributed by atoms with van der Waals surface area (Å²) < 4.78 is 0. The molecule has 0 aliphatic rings. The van der Waals surface area contributed by atoms with Crippen LogP contribution in [-0.4, -0.2) is 36.7 Å². The monoisotopic (exact) mass is 233 g/mol. The Morgan fingerprint density at radius 3 is 2.71 bits per heavy atom. The van der Waals surface area contributed by atoms with Gasteiger partial charge in [-0.3, -0.25) is 0 Å². The largest absolute Gasteiger partial charge is 0.310 e. The van der Waals surface area contributed by atoms with E-state index in [0.29, 0.717) is 12.2 Å². The van der Waals surface area contributed by atoms with Gasteiger partial charge in [0.1, 0.15) is 6.33 Å². The summed E-state index contributed by atoms with van der Waals surface area (Å²) in [5.41, 5.74) is 1.03. The zero-order valence-corrected chi connectivity index (χ0v) is 9.91. The van der Waals surface area contributed by atoms with E-state index >= 15 is 0 Å². The van der Waals surface area contributed by atoms with E-state index in [-0.39, 0.29) is 6.04 Å². The summed E-state index contributed by atoms with van der Waals surface area (Å²) >= 11 is 0. The smallest absolute Gasteiger partial charge is 0.176 e. The van der Waals surface area contributed by atoms with Crippen molar-refractivity contribution in [3.8, 4) is 0 Å². The van der Waals surface area contributed by atoms with Crippen LogP contribution in [0.3, 0.4) is 0 Å². The Hall–Kier alpha value is -1.89. The van der Waals surface area contributed by atoms with Gasteiger partial charge in [0, 0.05) is 30.4 Å². The second kappa shape index (κ2) is 5.44. The molecule has 0 aliphatic heterocycles. The van der Waals surface area contributed by atoms with Gasteiger partial charge in [0.05, 0.1) is 7.05 Å². The number of aryl methyl sites for hydroxylation is 1. The van der Waals surface area contributed by atoms with Crippen LogP contribution in [0.2, 0.25) is 0 Å². The van der Waals surface area contributed by atoms with Gasteiger partial charge in [-0.15, -0.1) is 10.2 Å². The van der Waals surface area contributed by atoms with Gasteiger partial charge in [-0.2, -0.15) is 4.80 Å². The number of nitrogens with one attached hydrogen (secondary N) is 1. The highest BCUT2D eigenvalue weighted by atomic mass is 15.6. The fourth-order valence-electron chi connectivity index (χ4n) is 1.63. The first-order valence-corrected chi connectivity index (χ1v) is 5.50. The van der Waals surface area contributed by atoms with E-state index < -0.39 is 0 Å². The molecule has 0 bridgehead atoms. The summed E-state index contributed by atoms with van der Waals surface area (Å²) in [6, 6.07) is 0.116. The van der Waals surface area contributed by atoms with Crippen molar-refractivity contribution in [1.29, 1.82) is 0 Å².